The highest BCUT2D eigenvalue weighted by Gasteiger charge is 2.46. The van der Waals surface area contributed by atoms with E-state index in [4.69, 9.17) is 9.47 Å². The number of carbonyl (C=O) groups excluding carboxylic acids is 1. The molecule has 1 spiro atoms. The first-order valence-electron chi connectivity index (χ1n) is 7.38. The lowest BCUT2D eigenvalue weighted by molar-refractivity contribution is -0.145. The van der Waals surface area contributed by atoms with Gasteiger partial charge in [-0.3, -0.25) is 9.69 Å². The van der Waals surface area contributed by atoms with Crippen LogP contribution in [0.3, 0.4) is 0 Å². The average molecular weight is 305 g/mol. The van der Waals surface area contributed by atoms with E-state index in [0.717, 1.165) is 11.1 Å². The fourth-order valence-corrected chi connectivity index (χ4v) is 3.12. The highest BCUT2D eigenvalue weighted by atomic mass is 16.8. The summed E-state index contributed by atoms with van der Waals surface area (Å²) >= 11 is 0. The maximum absolute atomic E-state index is 11.7. The van der Waals surface area contributed by atoms with Crippen molar-refractivity contribution in [1.82, 2.24) is 4.90 Å². The van der Waals surface area contributed by atoms with Crippen LogP contribution in [0.5, 0.6) is 0 Å². The van der Waals surface area contributed by atoms with Gasteiger partial charge in [0.2, 0.25) is 0 Å². The minimum Gasteiger partial charge on any atom is -0.480 e. The third-order valence-electron chi connectivity index (χ3n) is 4.45. The Bertz CT molecular complexity index is 575. The van der Waals surface area contributed by atoms with Gasteiger partial charge in [-0.05, 0) is 12.5 Å². The van der Waals surface area contributed by atoms with E-state index in [1.807, 2.05) is 36.1 Å². The van der Waals surface area contributed by atoms with Crippen LogP contribution in [0.1, 0.15) is 30.0 Å². The molecular weight excluding hydrogens is 286 g/mol. The Hall–Kier alpha value is -2.08. The number of ether oxygens (including phenoxy) is 2. The van der Waals surface area contributed by atoms with Crippen LogP contribution in [-0.4, -0.2) is 47.4 Å². The van der Waals surface area contributed by atoms with Crippen LogP contribution in [-0.2, 0) is 14.3 Å². The molecule has 6 heteroatoms. The largest absolute Gasteiger partial charge is 0.509 e. The van der Waals surface area contributed by atoms with E-state index < -0.39 is 23.8 Å². The fourth-order valence-electron chi connectivity index (χ4n) is 3.12. The lowest BCUT2D eigenvalue weighted by Crippen LogP contribution is -2.48. The Labute approximate surface area is 128 Å². The molecular formula is C16H19NO5. The molecule has 0 aromatic heterocycles. The lowest BCUT2D eigenvalue weighted by Gasteiger charge is -2.39. The van der Waals surface area contributed by atoms with Crippen molar-refractivity contribution in [1.29, 1.82) is 0 Å². The Morgan fingerprint density at radius 1 is 1.27 bits per heavy atom. The van der Waals surface area contributed by atoms with Gasteiger partial charge in [-0.15, -0.1) is 0 Å². The number of aliphatic carboxylic acids is 1. The second-order valence-electron chi connectivity index (χ2n) is 6.01. The van der Waals surface area contributed by atoms with Crippen LogP contribution >= 0.6 is 0 Å². The maximum atomic E-state index is 11.7. The van der Waals surface area contributed by atoms with Crippen molar-refractivity contribution in [2.24, 2.45) is 0 Å². The van der Waals surface area contributed by atoms with Crippen LogP contribution < -0.4 is 0 Å². The molecule has 2 aliphatic heterocycles. The highest BCUT2D eigenvalue weighted by Crippen LogP contribution is 2.35. The quantitative estimate of drug-likeness (QED) is 0.862. The summed E-state index contributed by atoms with van der Waals surface area (Å²) in [6, 6.07) is 6.89. The SMILES string of the molecule is Cc1ccc(C(C(=O)O)N2CCC3(CC2)COC(=O)O3)cc1. The van der Waals surface area contributed by atoms with Gasteiger partial charge >= 0.3 is 12.1 Å². The number of hydrogen-bond donors (Lipinski definition) is 1. The monoisotopic (exact) mass is 305 g/mol. The van der Waals surface area contributed by atoms with Crippen LogP contribution in [0.4, 0.5) is 4.79 Å². The van der Waals surface area contributed by atoms with Gasteiger partial charge in [-0.1, -0.05) is 29.8 Å². The predicted molar refractivity (Wildman–Crippen MR) is 77.5 cm³/mol. The van der Waals surface area contributed by atoms with Crippen LogP contribution in [0.15, 0.2) is 24.3 Å². The Balaban J connectivity index is 1.73. The second-order valence-corrected chi connectivity index (χ2v) is 6.01. The molecule has 22 heavy (non-hydrogen) atoms. The molecule has 2 saturated heterocycles. The summed E-state index contributed by atoms with van der Waals surface area (Å²) in [7, 11) is 0. The standard InChI is InChI=1S/C16H19NO5/c1-11-2-4-12(5-3-11)13(14(18)19)17-8-6-16(7-9-17)10-21-15(20)22-16/h2-5,13H,6-10H2,1H3,(H,18,19). The summed E-state index contributed by atoms with van der Waals surface area (Å²) < 4.78 is 10.2. The van der Waals surface area contributed by atoms with E-state index in [1.165, 1.54) is 0 Å². The number of likely N-dealkylation sites (tertiary alicyclic amines) is 1. The minimum atomic E-state index is -0.862. The van der Waals surface area contributed by atoms with Gasteiger partial charge in [0, 0.05) is 25.9 Å². The van der Waals surface area contributed by atoms with E-state index in [2.05, 4.69) is 0 Å². The Kier molecular flexibility index (Phi) is 3.78. The highest BCUT2D eigenvalue weighted by molar-refractivity contribution is 5.75. The van der Waals surface area contributed by atoms with Crippen molar-refractivity contribution < 1.29 is 24.2 Å². The molecule has 1 unspecified atom stereocenters. The molecule has 6 nitrogen and oxygen atoms in total. The topological polar surface area (TPSA) is 76.1 Å². The predicted octanol–water partition coefficient (Wildman–Crippen LogP) is 2.12. The number of rotatable bonds is 3. The molecule has 0 amide bonds. The molecule has 0 saturated carbocycles. The van der Waals surface area contributed by atoms with Gasteiger partial charge in [0.1, 0.15) is 12.6 Å². The van der Waals surface area contributed by atoms with Crippen molar-refractivity contribution >= 4 is 12.1 Å². The normalized spacial score (nSPS) is 22.1. The number of carboxylic acid groups (broad SMARTS) is 1. The van der Waals surface area contributed by atoms with E-state index in [9.17, 15) is 14.7 Å². The summed E-state index contributed by atoms with van der Waals surface area (Å²) in [5.74, 6) is -0.862. The number of benzene rings is 1. The first-order chi connectivity index (χ1) is 10.5. The second kappa shape index (κ2) is 5.61. The van der Waals surface area contributed by atoms with E-state index in [1.54, 1.807) is 0 Å². The molecule has 1 aromatic rings. The van der Waals surface area contributed by atoms with Crippen molar-refractivity contribution in [3.8, 4) is 0 Å². The summed E-state index contributed by atoms with van der Waals surface area (Å²) in [5.41, 5.74) is 1.30. The number of nitrogens with zero attached hydrogens (tertiary/aromatic N) is 1. The van der Waals surface area contributed by atoms with Crippen molar-refractivity contribution in [3.63, 3.8) is 0 Å². The zero-order chi connectivity index (χ0) is 15.7. The summed E-state index contributed by atoms with van der Waals surface area (Å²) in [6.07, 6.45) is 0.560. The van der Waals surface area contributed by atoms with Crippen LogP contribution in [0, 0.1) is 6.92 Å². The summed E-state index contributed by atoms with van der Waals surface area (Å²) in [6.45, 7) is 3.35. The number of carbonyl (C=O) groups is 2. The van der Waals surface area contributed by atoms with Gasteiger partial charge in [-0.2, -0.15) is 0 Å². The molecule has 1 N–H and O–H groups in total. The number of carboxylic acids is 1. The van der Waals surface area contributed by atoms with Gasteiger partial charge in [0.15, 0.2) is 5.60 Å². The maximum Gasteiger partial charge on any atom is 0.509 e. The first kappa shape index (κ1) is 14.8. The minimum absolute atomic E-state index is 0.266. The molecule has 118 valence electrons. The molecule has 0 aliphatic carbocycles. The third kappa shape index (κ3) is 2.78. The van der Waals surface area contributed by atoms with Gasteiger partial charge in [0.25, 0.3) is 0 Å². The third-order valence-corrected chi connectivity index (χ3v) is 4.45. The zero-order valence-electron chi connectivity index (χ0n) is 12.4. The molecule has 2 fully saturated rings. The number of cyclic esters (lactones) is 1. The molecule has 1 atom stereocenters. The summed E-state index contributed by atoms with van der Waals surface area (Å²) in [5, 5.41) is 9.60. The van der Waals surface area contributed by atoms with E-state index in [-0.39, 0.29) is 6.61 Å². The molecule has 3 rings (SSSR count). The van der Waals surface area contributed by atoms with E-state index in [0.29, 0.717) is 25.9 Å². The Morgan fingerprint density at radius 2 is 1.91 bits per heavy atom. The first-order valence-corrected chi connectivity index (χ1v) is 7.38. The average Bonchev–Trinajstić information content (AvgIpc) is 2.84. The van der Waals surface area contributed by atoms with Crippen LogP contribution in [0.2, 0.25) is 0 Å². The molecule has 1 aromatic carbocycles. The summed E-state index contributed by atoms with van der Waals surface area (Å²) in [4.78, 5) is 24.8. The molecule has 0 radical (unpaired) electrons. The number of hydrogen-bond acceptors (Lipinski definition) is 5. The van der Waals surface area contributed by atoms with Crippen molar-refractivity contribution in [2.45, 2.75) is 31.4 Å². The van der Waals surface area contributed by atoms with Gasteiger partial charge in [0.05, 0.1) is 0 Å². The number of aryl methyl sites for hydroxylation is 1. The molecule has 0 bridgehead atoms. The number of piperidine rings is 1. The van der Waals surface area contributed by atoms with Gasteiger partial charge in [-0.25, -0.2) is 4.79 Å². The fraction of sp³-hybridized carbons (Fsp3) is 0.500. The van der Waals surface area contributed by atoms with Crippen molar-refractivity contribution in [2.75, 3.05) is 19.7 Å². The lowest BCUT2D eigenvalue weighted by atomic mass is 9.90. The smallest absolute Gasteiger partial charge is 0.480 e. The molecule has 2 aliphatic rings. The van der Waals surface area contributed by atoms with Gasteiger partial charge < -0.3 is 14.6 Å². The van der Waals surface area contributed by atoms with Crippen LogP contribution in [0.25, 0.3) is 0 Å². The van der Waals surface area contributed by atoms with Crippen molar-refractivity contribution in [3.05, 3.63) is 35.4 Å². The Morgan fingerprint density at radius 3 is 2.41 bits per heavy atom. The molecule has 2 heterocycles. The zero-order valence-corrected chi connectivity index (χ0v) is 12.4. The van der Waals surface area contributed by atoms with E-state index >= 15 is 0 Å².